The molecular formula is C22H21NO5S2. The number of benzene rings is 2. The van der Waals surface area contributed by atoms with Gasteiger partial charge in [-0.05, 0) is 41.8 Å². The lowest BCUT2D eigenvalue weighted by Gasteiger charge is -2.18. The van der Waals surface area contributed by atoms with Gasteiger partial charge in [-0.2, -0.15) is 0 Å². The van der Waals surface area contributed by atoms with Crippen LogP contribution in [0.4, 0.5) is 5.69 Å². The molecule has 6 nitrogen and oxygen atoms in total. The Labute approximate surface area is 184 Å². The molecule has 1 amide bonds. The van der Waals surface area contributed by atoms with Gasteiger partial charge < -0.3 is 14.6 Å². The average Bonchev–Trinajstić information content (AvgIpc) is 3.01. The van der Waals surface area contributed by atoms with Crippen LogP contribution in [0.1, 0.15) is 24.5 Å². The van der Waals surface area contributed by atoms with Crippen LogP contribution in [0.15, 0.2) is 47.4 Å². The van der Waals surface area contributed by atoms with Gasteiger partial charge in [-0.15, -0.1) is 0 Å². The van der Waals surface area contributed by atoms with E-state index in [4.69, 9.17) is 26.8 Å². The molecule has 0 aromatic heterocycles. The number of thiocarbonyl (C=S) groups is 1. The summed E-state index contributed by atoms with van der Waals surface area (Å²) >= 11 is 6.73. The normalized spacial score (nSPS) is 15.0. The number of para-hydroxylation sites is 1. The maximum absolute atomic E-state index is 13.1. The number of carboxylic acids is 1. The van der Waals surface area contributed by atoms with E-state index in [0.29, 0.717) is 20.7 Å². The van der Waals surface area contributed by atoms with Gasteiger partial charge in [0, 0.05) is 0 Å². The summed E-state index contributed by atoms with van der Waals surface area (Å²) in [5.41, 5.74) is 2.62. The van der Waals surface area contributed by atoms with E-state index in [1.54, 1.807) is 29.2 Å². The van der Waals surface area contributed by atoms with Gasteiger partial charge in [0.2, 0.25) is 0 Å². The first-order valence-corrected chi connectivity index (χ1v) is 10.6. The van der Waals surface area contributed by atoms with E-state index in [1.807, 2.05) is 31.2 Å². The third-order valence-electron chi connectivity index (χ3n) is 4.47. The van der Waals surface area contributed by atoms with Crippen molar-refractivity contribution in [3.05, 3.63) is 58.5 Å². The number of methoxy groups -OCH3 is 1. The minimum absolute atomic E-state index is 0.0422. The van der Waals surface area contributed by atoms with Crippen molar-refractivity contribution in [2.45, 2.75) is 19.8 Å². The first-order chi connectivity index (χ1) is 14.4. The molecule has 0 aliphatic carbocycles. The molecule has 1 aliphatic rings. The van der Waals surface area contributed by atoms with E-state index in [2.05, 4.69) is 0 Å². The van der Waals surface area contributed by atoms with Gasteiger partial charge in [-0.1, -0.05) is 55.2 Å². The Morgan fingerprint density at radius 2 is 2.00 bits per heavy atom. The van der Waals surface area contributed by atoms with Gasteiger partial charge in [-0.25, -0.2) is 0 Å². The van der Waals surface area contributed by atoms with Gasteiger partial charge in [0.15, 0.2) is 15.8 Å². The lowest BCUT2D eigenvalue weighted by molar-refractivity contribution is -0.137. The van der Waals surface area contributed by atoms with Gasteiger partial charge in [0.05, 0.1) is 30.7 Å². The molecule has 3 rings (SSSR count). The first-order valence-electron chi connectivity index (χ1n) is 9.33. The summed E-state index contributed by atoms with van der Waals surface area (Å²) in [6.07, 6.45) is 2.46. The number of hydrogen-bond acceptors (Lipinski definition) is 6. The summed E-state index contributed by atoms with van der Waals surface area (Å²) in [4.78, 5) is 25.8. The summed E-state index contributed by atoms with van der Waals surface area (Å²) in [6, 6.07) is 12.9. The number of carbonyl (C=O) groups is 2. The molecule has 2 aromatic carbocycles. The van der Waals surface area contributed by atoms with Gasteiger partial charge in [-0.3, -0.25) is 14.5 Å². The molecule has 30 heavy (non-hydrogen) atoms. The number of carbonyl (C=O) groups excluding carboxylic acids is 1. The molecule has 0 bridgehead atoms. The summed E-state index contributed by atoms with van der Waals surface area (Å²) in [5.74, 6) is -0.190. The molecule has 8 heteroatoms. The summed E-state index contributed by atoms with van der Waals surface area (Å²) in [5, 5.41) is 8.74. The minimum Gasteiger partial charge on any atom is -0.493 e. The zero-order valence-electron chi connectivity index (χ0n) is 16.6. The van der Waals surface area contributed by atoms with Crippen LogP contribution in [0, 0.1) is 0 Å². The molecule has 1 heterocycles. The molecule has 0 saturated carbocycles. The van der Waals surface area contributed by atoms with Crippen molar-refractivity contribution in [2.24, 2.45) is 0 Å². The molecule has 2 aromatic rings. The fourth-order valence-electron chi connectivity index (χ4n) is 3.00. The number of hydrogen-bond donors (Lipinski definition) is 1. The van der Waals surface area contributed by atoms with Gasteiger partial charge >= 0.3 is 5.97 Å². The smallest absolute Gasteiger partial charge is 0.306 e. The summed E-state index contributed by atoms with van der Waals surface area (Å²) in [7, 11) is 1.50. The SMILES string of the molecule is CCc1ccccc1N1C(=O)/C(=C\c2ccc(OCCC(=O)O)c(OC)c2)SC1=S. The van der Waals surface area contributed by atoms with Crippen LogP contribution in [-0.2, 0) is 16.0 Å². The number of amides is 1. The number of rotatable bonds is 8. The lowest BCUT2D eigenvalue weighted by Crippen LogP contribution is -2.28. The number of nitrogens with zero attached hydrogens (tertiary/aromatic N) is 1. The Balaban J connectivity index is 1.84. The highest BCUT2D eigenvalue weighted by molar-refractivity contribution is 8.27. The zero-order chi connectivity index (χ0) is 21.7. The predicted octanol–water partition coefficient (Wildman–Crippen LogP) is 4.52. The fourth-order valence-corrected chi connectivity index (χ4v) is 4.28. The second-order valence-electron chi connectivity index (χ2n) is 6.40. The number of ether oxygens (including phenoxy) is 2. The second kappa shape index (κ2) is 9.77. The Morgan fingerprint density at radius 3 is 2.70 bits per heavy atom. The van der Waals surface area contributed by atoms with Crippen molar-refractivity contribution < 1.29 is 24.2 Å². The second-order valence-corrected chi connectivity index (χ2v) is 8.08. The number of aryl methyl sites for hydroxylation is 1. The molecule has 0 unspecified atom stereocenters. The fraction of sp³-hybridized carbons (Fsp3) is 0.227. The van der Waals surface area contributed by atoms with Crippen molar-refractivity contribution >= 4 is 51.9 Å². The Bertz CT molecular complexity index is 1020. The molecule has 0 spiro atoms. The standard InChI is InChI=1S/C22H21NO5S2/c1-3-15-6-4-5-7-16(15)23-21(26)19(30-22(23)29)13-14-8-9-17(18(12-14)27-2)28-11-10-20(24)25/h4-9,12-13H,3,10-11H2,1-2H3,(H,24,25)/b19-13+. The highest BCUT2D eigenvalue weighted by Crippen LogP contribution is 2.38. The van der Waals surface area contributed by atoms with E-state index >= 15 is 0 Å². The van der Waals surface area contributed by atoms with Crippen molar-refractivity contribution in [2.75, 3.05) is 18.6 Å². The van der Waals surface area contributed by atoms with Crippen molar-refractivity contribution in [1.29, 1.82) is 0 Å². The molecule has 1 fully saturated rings. The highest BCUT2D eigenvalue weighted by Gasteiger charge is 2.34. The third kappa shape index (κ3) is 4.83. The van der Waals surface area contributed by atoms with Gasteiger partial charge in [0.1, 0.15) is 0 Å². The van der Waals surface area contributed by atoms with E-state index in [0.717, 1.165) is 23.2 Å². The van der Waals surface area contributed by atoms with E-state index < -0.39 is 5.97 Å². The van der Waals surface area contributed by atoms with Gasteiger partial charge in [0.25, 0.3) is 5.91 Å². The summed E-state index contributed by atoms with van der Waals surface area (Å²) in [6.45, 7) is 2.08. The maximum atomic E-state index is 13.1. The number of aliphatic carboxylic acids is 1. The molecule has 156 valence electrons. The third-order valence-corrected chi connectivity index (χ3v) is 5.77. The van der Waals surface area contributed by atoms with Crippen LogP contribution in [0.25, 0.3) is 6.08 Å². The van der Waals surface area contributed by atoms with Crippen LogP contribution in [0.2, 0.25) is 0 Å². The van der Waals surface area contributed by atoms with E-state index in [1.165, 1.54) is 18.9 Å². The highest BCUT2D eigenvalue weighted by atomic mass is 32.2. The Morgan fingerprint density at radius 1 is 1.23 bits per heavy atom. The topological polar surface area (TPSA) is 76.1 Å². The van der Waals surface area contributed by atoms with Crippen molar-refractivity contribution in [1.82, 2.24) is 0 Å². The largest absolute Gasteiger partial charge is 0.493 e. The zero-order valence-corrected chi connectivity index (χ0v) is 18.2. The van der Waals surface area contributed by atoms with Crippen LogP contribution in [-0.4, -0.2) is 35.0 Å². The Hall–Kier alpha value is -2.84. The lowest BCUT2D eigenvalue weighted by atomic mass is 10.1. The molecule has 0 radical (unpaired) electrons. The van der Waals surface area contributed by atoms with Crippen molar-refractivity contribution in [3.63, 3.8) is 0 Å². The van der Waals surface area contributed by atoms with Crippen LogP contribution in [0.3, 0.4) is 0 Å². The number of carboxylic acid groups (broad SMARTS) is 1. The monoisotopic (exact) mass is 443 g/mol. The predicted molar refractivity (Wildman–Crippen MR) is 122 cm³/mol. The first kappa shape index (κ1) is 21.9. The number of thioether (sulfide) groups is 1. The van der Waals surface area contributed by atoms with E-state index in [9.17, 15) is 9.59 Å². The summed E-state index contributed by atoms with van der Waals surface area (Å²) < 4.78 is 11.3. The maximum Gasteiger partial charge on any atom is 0.306 e. The molecule has 1 aliphatic heterocycles. The van der Waals surface area contributed by atoms with E-state index in [-0.39, 0.29) is 18.9 Å². The van der Waals surface area contributed by atoms with Crippen LogP contribution < -0.4 is 14.4 Å². The minimum atomic E-state index is -0.933. The van der Waals surface area contributed by atoms with Crippen molar-refractivity contribution in [3.8, 4) is 11.5 Å². The Kier molecular flexibility index (Phi) is 7.12. The van der Waals surface area contributed by atoms with Crippen LogP contribution in [0.5, 0.6) is 11.5 Å². The molecule has 0 atom stereocenters. The molecule has 1 saturated heterocycles. The average molecular weight is 444 g/mol. The molecular weight excluding hydrogens is 422 g/mol. The number of anilines is 1. The van der Waals surface area contributed by atoms with Crippen LogP contribution >= 0.6 is 24.0 Å². The molecule has 1 N–H and O–H groups in total. The quantitative estimate of drug-likeness (QED) is 0.475.